The number of carbonyl (C=O) groups excluding carboxylic acids is 2. The van der Waals surface area contributed by atoms with Crippen LogP contribution in [0.1, 0.15) is 49.8 Å². The highest BCUT2D eigenvalue weighted by molar-refractivity contribution is 6.30. The third kappa shape index (κ3) is 5.04. The molecule has 0 fully saturated rings. The highest BCUT2D eigenvalue weighted by Gasteiger charge is 2.36. The van der Waals surface area contributed by atoms with E-state index in [0.29, 0.717) is 35.2 Å². The maximum Gasteiger partial charge on any atom is 0.226 e. The van der Waals surface area contributed by atoms with Crippen LogP contribution in [-0.4, -0.2) is 58.7 Å². The van der Waals surface area contributed by atoms with E-state index in [2.05, 4.69) is 9.88 Å². The Morgan fingerprint density at radius 3 is 2.53 bits per heavy atom. The van der Waals surface area contributed by atoms with E-state index in [4.69, 9.17) is 11.6 Å². The lowest BCUT2D eigenvalue weighted by Gasteiger charge is -2.31. The Labute approximate surface area is 194 Å². The van der Waals surface area contributed by atoms with Gasteiger partial charge in [0.15, 0.2) is 5.78 Å². The second-order valence-corrected chi connectivity index (χ2v) is 10.3. The first-order valence-corrected chi connectivity index (χ1v) is 11.3. The van der Waals surface area contributed by atoms with Crippen molar-refractivity contribution in [2.45, 2.75) is 46.7 Å². The minimum atomic E-state index is -0.485. The minimum absolute atomic E-state index is 0.0524. The first kappa shape index (κ1) is 24.4. The smallest absolute Gasteiger partial charge is 0.226 e. The molecule has 0 N–H and O–H groups in total. The van der Waals surface area contributed by atoms with Crippen LogP contribution in [0.4, 0.5) is 4.39 Å². The van der Waals surface area contributed by atoms with Gasteiger partial charge < -0.3 is 14.4 Å². The van der Waals surface area contributed by atoms with Crippen LogP contribution in [0.5, 0.6) is 0 Å². The topological polar surface area (TPSA) is 58.4 Å². The fraction of sp³-hybridized carbons (Fsp3) is 0.542. The molecule has 1 atom stereocenters. The van der Waals surface area contributed by atoms with E-state index in [-0.39, 0.29) is 18.1 Å². The second-order valence-electron chi connectivity index (χ2n) is 9.88. The average Bonchev–Trinajstić information content (AvgIpc) is 2.90. The van der Waals surface area contributed by atoms with Crippen LogP contribution in [0.3, 0.4) is 0 Å². The van der Waals surface area contributed by atoms with Gasteiger partial charge >= 0.3 is 0 Å². The van der Waals surface area contributed by atoms with Gasteiger partial charge in [0.1, 0.15) is 17.3 Å². The van der Waals surface area contributed by atoms with E-state index in [1.165, 1.54) is 11.0 Å². The van der Waals surface area contributed by atoms with Gasteiger partial charge in [-0.2, -0.15) is 0 Å². The summed E-state index contributed by atoms with van der Waals surface area (Å²) in [4.78, 5) is 34.7. The third-order valence-electron chi connectivity index (χ3n) is 6.02. The summed E-state index contributed by atoms with van der Waals surface area (Å²) in [6, 6.07) is 4.48. The highest BCUT2D eigenvalue weighted by Crippen LogP contribution is 2.34. The lowest BCUT2D eigenvalue weighted by molar-refractivity contribution is -0.136. The molecular formula is C24H32ClFN4O2. The molecule has 1 aromatic heterocycles. The van der Waals surface area contributed by atoms with Gasteiger partial charge in [0, 0.05) is 38.6 Å². The zero-order chi connectivity index (χ0) is 23.8. The number of nitrogens with zero attached hydrogens (tertiary/aromatic N) is 4. The van der Waals surface area contributed by atoms with E-state index in [9.17, 15) is 14.0 Å². The standard InChI is InChI=1S/C24H32ClFN4O2/c1-24(2,3)17(23(32)28(4)5)13-20(31)21-19-14-29(6)10-7-11-30(19)22(27-21)16-9-8-15(25)12-18(16)26/h8-9,12,17H,7,10-11,13-14H2,1-6H3/t17-/m1/s1. The largest absolute Gasteiger partial charge is 0.349 e. The van der Waals surface area contributed by atoms with Crippen molar-refractivity contribution in [1.29, 1.82) is 0 Å². The number of amides is 1. The minimum Gasteiger partial charge on any atom is -0.349 e. The summed E-state index contributed by atoms with van der Waals surface area (Å²) in [7, 11) is 5.39. The number of carbonyl (C=O) groups is 2. The molecule has 1 amide bonds. The first-order chi connectivity index (χ1) is 14.9. The number of Topliss-reactive ketones (excluding diaryl/α,β-unsaturated/α-hetero) is 1. The summed E-state index contributed by atoms with van der Waals surface area (Å²) < 4.78 is 16.7. The highest BCUT2D eigenvalue weighted by atomic mass is 35.5. The molecule has 0 bridgehead atoms. The Morgan fingerprint density at radius 1 is 1.25 bits per heavy atom. The summed E-state index contributed by atoms with van der Waals surface area (Å²) in [5.41, 5.74) is 1.01. The second kappa shape index (κ2) is 9.32. The average molecular weight is 463 g/mol. The summed E-state index contributed by atoms with van der Waals surface area (Å²) in [5.74, 6) is -0.810. The van der Waals surface area contributed by atoms with Gasteiger partial charge in [0.2, 0.25) is 5.91 Å². The maximum atomic E-state index is 14.8. The van der Waals surface area contributed by atoms with Crippen molar-refractivity contribution >= 4 is 23.3 Å². The van der Waals surface area contributed by atoms with Gasteiger partial charge in [0.25, 0.3) is 0 Å². The Morgan fingerprint density at radius 2 is 1.94 bits per heavy atom. The lowest BCUT2D eigenvalue weighted by atomic mass is 9.76. The Hall–Kier alpha value is -2.25. The molecule has 0 saturated heterocycles. The lowest BCUT2D eigenvalue weighted by Crippen LogP contribution is -2.38. The van der Waals surface area contributed by atoms with Crippen LogP contribution in [0.15, 0.2) is 18.2 Å². The molecule has 0 saturated carbocycles. The first-order valence-electron chi connectivity index (χ1n) is 10.9. The summed E-state index contributed by atoms with van der Waals surface area (Å²) in [6.45, 7) is 7.91. The normalized spacial score (nSPS) is 15.8. The van der Waals surface area contributed by atoms with Gasteiger partial charge in [-0.25, -0.2) is 9.37 Å². The molecule has 1 aromatic carbocycles. The van der Waals surface area contributed by atoms with Crippen molar-refractivity contribution in [3.05, 3.63) is 40.4 Å². The molecule has 3 rings (SSSR count). The third-order valence-corrected chi connectivity index (χ3v) is 6.26. The quantitative estimate of drug-likeness (QED) is 0.614. The molecule has 0 radical (unpaired) electrons. The van der Waals surface area contributed by atoms with Gasteiger partial charge in [-0.3, -0.25) is 9.59 Å². The number of aromatic nitrogens is 2. The van der Waals surface area contributed by atoms with Gasteiger partial charge in [0.05, 0.1) is 17.2 Å². The number of halogens is 2. The monoisotopic (exact) mass is 462 g/mol. The SMILES string of the molecule is CN1CCCn2c(-c3ccc(Cl)cc3F)nc(C(=O)C[C@H](C(=O)N(C)C)C(C)(C)C)c2C1. The zero-order valence-electron chi connectivity index (χ0n) is 19.7. The van der Waals surface area contributed by atoms with Crippen molar-refractivity contribution in [2.24, 2.45) is 11.3 Å². The van der Waals surface area contributed by atoms with Crippen LogP contribution in [0.25, 0.3) is 11.4 Å². The van der Waals surface area contributed by atoms with Crippen LogP contribution in [-0.2, 0) is 17.9 Å². The maximum absolute atomic E-state index is 14.8. The van der Waals surface area contributed by atoms with Crippen molar-refractivity contribution in [3.8, 4) is 11.4 Å². The van der Waals surface area contributed by atoms with Gasteiger partial charge in [-0.15, -0.1) is 0 Å². The van der Waals surface area contributed by atoms with Crippen LogP contribution >= 0.6 is 11.6 Å². The van der Waals surface area contributed by atoms with E-state index in [1.54, 1.807) is 26.2 Å². The predicted octanol–water partition coefficient (Wildman–Crippen LogP) is 4.50. The van der Waals surface area contributed by atoms with Crippen molar-refractivity contribution in [2.75, 3.05) is 27.7 Å². The van der Waals surface area contributed by atoms with E-state index in [0.717, 1.165) is 18.7 Å². The summed E-state index contributed by atoms with van der Waals surface area (Å²) in [6.07, 6.45) is 0.913. The number of hydrogen-bond donors (Lipinski definition) is 0. The van der Waals surface area contributed by atoms with Gasteiger partial charge in [-0.05, 0) is 43.6 Å². The number of imidazole rings is 1. The van der Waals surface area contributed by atoms with E-state index in [1.807, 2.05) is 32.4 Å². The molecule has 1 aliphatic heterocycles. The van der Waals surface area contributed by atoms with Crippen molar-refractivity contribution < 1.29 is 14.0 Å². The molecule has 0 aliphatic carbocycles. The number of benzene rings is 1. The van der Waals surface area contributed by atoms with Crippen LogP contribution < -0.4 is 0 Å². The number of ketones is 1. The fourth-order valence-electron chi connectivity index (χ4n) is 4.18. The van der Waals surface area contributed by atoms with Gasteiger partial charge in [-0.1, -0.05) is 32.4 Å². The fourth-order valence-corrected chi connectivity index (χ4v) is 4.34. The Kier molecular flexibility index (Phi) is 7.10. The molecular weight excluding hydrogens is 431 g/mol. The number of fused-ring (bicyclic) bond motifs is 1. The van der Waals surface area contributed by atoms with Crippen molar-refractivity contribution in [3.63, 3.8) is 0 Å². The molecule has 2 aromatic rings. The summed E-state index contributed by atoms with van der Waals surface area (Å²) >= 11 is 5.94. The molecule has 0 spiro atoms. The molecule has 32 heavy (non-hydrogen) atoms. The summed E-state index contributed by atoms with van der Waals surface area (Å²) in [5, 5.41) is 0.306. The van der Waals surface area contributed by atoms with Crippen LogP contribution in [0, 0.1) is 17.2 Å². The molecule has 2 heterocycles. The van der Waals surface area contributed by atoms with E-state index >= 15 is 0 Å². The Balaban J connectivity index is 2.08. The van der Waals surface area contributed by atoms with Crippen molar-refractivity contribution in [1.82, 2.24) is 19.4 Å². The number of hydrogen-bond acceptors (Lipinski definition) is 4. The molecule has 8 heteroatoms. The zero-order valence-corrected chi connectivity index (χ0v) is 20.5. The molecule has 1 aliphatic rings. The Bertz CT molecular complexity index is 1030. The predicted molar refractivity (Wildman–Crippen MR) is 124 cm³/mol. The molecule has 0 unspecified atom stereocenters. The molecule has 6 nitrogen and oxygen atoms in total. The number of rotatable bonds is 5. The molecule has 174 valence electrons. The van der Waals surface area contributed by atoms with Crippen LogP contribution in [0.2, 0.25) is 5.02 Å². The van der Waals surface area contributed by atoms with E-state index < -0.39 is 17.2 Å².